The topological polar surface area (TPSA) is 55.1 Å². The van der Waals surface area contributed by atoms with Crippen molar-refractivity contribution < 1.29 is 9.90 Å². The molecule has 4 nitrogen and oxygen atoms in total. The molecule has 0 bridgehead atoms. The van der Waals surface area contributed by atoms with Gasteiger partial charge >= 0.3 is 5.97 Å². The maximum atomic E-state index is 11.3. The van der Waals surface area contributed by atoms with E-state index in [-0.39, 0.29) is 5.69 Å². The lowest BCUT2D eigenvalue weighted by Crippen LogP contribution is -2.04. The molecule has 0 aliphatic carbocycles. The fourth-order valence-electron chi connectivity index (χ4n) is 2.31. The molecule has 0 aliphatic rings. The first-order valence-electron chi connectivity index (χ1n) is 6.72. The van der Waals surface area contributed by atoms with Crippen molar-refractivity contribution in [1.82, 2.24) is 9.78 Å². The third kappa shape index (κ3) is 2.49. The smallest absolute Gasteiger partial charge is 0.356 e. The van der Waals surface area contributed by atoms with Crippen molar-refractivity contribution in [3.63, 3.8) is 0 Å². The number of benzene rings is 2. The Labute approximate surface area is 132 Å². The molecule has 0 radical (unpaired) electrons. The van der Waals surface area contributed by atoms with Crippen LogP contribution in [0.4, 0.5) is 0 Å². The Morgan fingerprint density at radius 3 is 2.55 bits per heavy atom. The molecule has 1 N–H and O–H groups in total. The summed E-state index contributed by atoms with van der Waals surface area (Å²) in [4.78, 5) is 11.3. The zero-order chi connectivity index (χ0) is 15.7. The van der Waals surface area contributed by atoms with E-state index in [1.807, 2.05) is 49.4 Å². The highest BCUT2D eigenvalue weighted by Gasteiger charge is 2.17. The maximum absolute atomic E-state index is 11.3. The van der Waals surface area contributed by atoms with Gasteiger partial charge in [0.15, 0.2) is 5.69 Å². The molecular formula is C17H13ClN2O2. The number of hydrogen-bond acceptors (Lipinski definition) is 2. The van der Waals surface area contributed by atoms with Crippen LogP contribution in [0, 0.1) is 6.92 Å². The summed E-state index contributed by atoms with van der Waals surface area (Å²) < 4.78 is 1.62. The molecule has 1 heterocycles. The van der Waals surface area contributed by atoms with Gasteiger partial charge in [0.25, 0.3) is 0 Å². The molecular weight excluding hydrogens is 300 g/mol. The predicted octanol–water partition coefficient (Wildman–Crippen LogP) is 4.20. The number of halogens is 1. The van der Waals surface area contributed by atoms with Crippen molar-refractivity contribution in [3.05, 3.63) is 70.9 Å². The van der Waals surface area contributed by atoms with Crippen LogP contribution < -0.4 is 0 Å². The van der Waals surface area contributed by atoms with Crippen molar-refractivity contribution in [2.45, 2.75) is 6.92 Å². The normalized spacial score (nSPS) is 10.6. The molecule has 0 amide bonds. The van der Waals surface area contributed by atoms with Gasteiger partial charge in [-0.1, -0.05) is 48.0 Å². The highest BCUT2D eigenvalue weighted by Crippen LogP contribution is 2.28. The summed E-state index contributed by atoms with van der Waals surface area (Å²) in [5.74, 6) is -1.06. The summed E-state index contributed by atoms with van der Waals surface area (Å²) in [6.45, 7) is 1.88. The van der Waals surface area contributed by atoms with Crippen molar-refractivity contribution in [2.75, 3.05) is 0 Å². The lowest BCUT2D eigenvalue weighted by atomic mass is 10.1. The van der Waals surface area contributed by atoms with Gasteiger partial charge < -0.3 is 5.11 Å². The predicted molar refractivity (Wildman–Crippen MR) is 85.7 cm³/mol. The van der Waals surface area contributed by atoms with Gasteiger partial charge in [-0.25, -0.2) is 9.48 Å². The van der Waals surface area contributed by atoms with Crippen LogP contribution in [0.5, 0.6) is 0 Å². The highest BCUT2D eigenvalue weighted by atomic mass is 35.5. The van der Waals surface area contributed by atoms with Crippen molar-refractivity contribution in [1.29, 1.82) is 0 Å². The highest BCUT2D eigenvalue weighted by molar-refractivity contribution is 6.31. The van der Waals surface area contributed by atoms with Crippen molar-refractivity contribution in [3.8, 4) is 16.9 Å². The van der Waals surface area contributed by atoms with E-state index in [1.54, 1.807) is 16.8 Å². The van der Waals surface area contributed by atoms with Gasteiger partial charge in [-0.2, -0.15) is 5.10 Å². The molecule has 0 atom stereocenters. The van der Waals surface area contributed by atoms with Crippen LogP contribution in [0.2, 0.25) is 5.02 Å². The molecule has 0 saturated heterocycles. The van der Waals surface area contributed by atoms with Crippen molar-refractivity contribution >= 4 is 17.6 Å². The number of hydrogen-bond donors (Lipinski definition) is 1. The molecule has 0 saturated carbocycles. The van der Waals surface area contributed by atoms with E-state index >= 15 is 0 Å². The van der Waals surface area contributed by atoms with Crippen LogP contribution >= 0.6 is 11.6 Å². The monoisotopic (exact) mass is 312 g/mol. The van der Waals surface area contributed by atoms with Crippen LogP contribution in [0.3, 0.4) is 0 Å². The first kappa shape index (κ1) is 14.4. The minimum atomic E-state index is -1.06. The Kier molecular flexibility index (Phi) is 3.69. The lowest BCUT2D eigenvalue weighted by molar-refractivity contribution is 0.0690. The van der Waals surface area contributed by atoms with Gasteiger partial charge in [0.05, 0.1) is 11.4 Å². The third-order valence-corrected chi connectivity index (χ3v) is 3.87. The molecule has 3 aromatic rings. The SMILES string of the molecule is Cc1c(Cl)cccc1-n1nc(C(=O)O)cc1-c1ccccc1. The second kappa shape index (κ2) is 5.66. The number of aromatic nitrogens is 2. The number of nitrogens with zero attached hydrogens (tertiary/aromatic N) is 2. The molecule has 2 aromatic carbocycles. The fourth-order valence-corrected chi connectivity index (χ4v) is 2.48. The Bertz CT molecular complexity index is 841. The summed E-state index contributed by atoms with van der Waals surface area (Å²) in [5, 5.41) is 14.1. The van der Waals surface area contributed by atoms with E-state index in [4.69, 9.17) is 11.6 Å². The zero-order valence-corrected chi connectivity index (χ0v) is 12.6. The van der Waals surface area contributed by atoms with Crippen LogP contribution in [-0.4, -0.2) is 20.9 Å². The zero-order valence-electron chi connectivity index (χ0n) is 11.8. The number of carbonyl (C=O) groups is 1. The Morgan fingerprint density at radius 2 is 1.86 bits per heavy atom. The summed E-state index contributed by atoms with van der Waals surface area (Å²) in [7, 11) is 0. The Morgan fingerprint density at radius 1 is 1.14 bits per heavy atom. The fraction of sp³-hybridized carbons (Fsp3) is 0.0588. The standard InChI is InChI=1S/C17H13ClN2O2/c1-11-13(18)8-5-9-15(11)20-16(10-14(19-20)17(21)22)12-6-3-2-4-7-12/h2-10H,1H3,(H,21,22). The molecule has 0 unspecified atom stereocenters. The lowest BCUT2D eigenvalue weighted by Gasteiger charge is -2.11. The van der Waals surface area contributed by atoms with Crippen LogP contribution in [-0.2, 0) is 0 Å². The van der Waals surface area contributed by atoms with Gasteiger partial charge in [-0.3, -0.25) is 0 Å². The van der Waals surface area contributed by atoms with Gasteiger partial charge in [0.2, 0.25) is 0 Å². The number of carboxylic acids is 1. The van der Waals surface area contributed by atoms with Gasteiger partial charge in [0.1, 0.15) is 0 Å². The number of aromatic carboxylic acids is 1. The quantitative estimate of drug-likeness (QED) is 0.788. The second-order valence-corrected chi connectivity index (χ2v) is 5.29. The minimum absolute atomic E-state index is 0.00164. The molecule has 5 heteroatoms. The second-order valence-electron chi connectivity index (χ2n) is 4.88. The Hall–Kier alpha value is -2.59. The van der Waals surface area contributed by atoms with Gasteiger partial charge in [-0.15, -0.1) is 0 Å². The summed E-state index contributed by atoms with van der Waals surface area (Å²) in [6, 6.07) is 16.6. The average Bonchev–Trinajstić information content (AvgIpc) is 2.96. The number of rotatable bonds is 3. The summed E-state index contributed by atoms with van der Waals surface area (Å²) in [5.41, 5.74) is 3.21. The van der Waals surface area contributed by atoms with E-state index < -0.39 is 5.97 Å². The van der Waals surface area contributed by atoms with Crippen molar-refractivity contribution in [2.24, 2.45) is 0 Å². The van der Waals surface area contributed by atoms with E-state index in [0.29, 0.717) is 10.7 Å². The van der Waals surface area contributed by atoms with Crippen LogP contribution in [0.15, 0.2) is 54.6 Å². The number of carboxylic acid groups (broad SMARTS) is 1. The van der Waals surface area contributed by atoms with Gasteiger partial charge in [-0.05, 0) is 30.7 Å². The molecule has 3 rings (SSSR count). The van der Waals surface area contributed by atoms with E-state index in [2.05, 4.69) is 5.10 Å². The maximum Gasteiger partial charge on any atom is 0.356 e. The largest absolute Gasteiger partial charge is 0.476 e. The molecule has 110 valence electrons. The molecule has 22 heavy (non-hydrogen) atoms. The molecule has 1 aromatic heterocycles. The van der Waals surface area contributed by atoms with E-state index in [1.165, 1.54) is 0 Å². The first-order valence-corrected chi connectivity index (χ1v) is 7.10. The van der Waals surface area contributed by atoms with Crippen LogP contribution in [0.25, 0.3) is 16.9 Å². The average molecular weight is 313 g/mol. The van der Waals surface area contributed by atoms with E-state index in [0.717, 1.165) is 16.8 Å². The minimum Gasteiger partial charge on any atom is -0.476 e. The first-order chi connectivity index (χ1) is 10.6. The summed E-state index contributed by atoms with van der Waals surface area (Å²) in [6.07, 6.45) is 0. The summed E-state index contributed by atoms with van der Waals surface area (Å²) >= 11 is 6.17. The van der Waals surface area contributed by atoms with Crippen LogP contribution in [0.1, 0.15) is 16.1 Å². The Balaban J connectivity index is 2.26. The molecule has 0 aliphatic heterocycles. The third-order valence-electron chi connectivity index (χ3n) is 3.47. The molecule has 0 fully saturated rings. The van der Waals surface area contributed by atoms with E-state index in [9.17, 15) is 9.90 Å². The van der Waals surface area contributed by atoms with Gasteiger partial charge in [0, 0.05) is 10.6 Å². The molecule has 0 spiro atoms.